The van der Waals surface area contributed by atoms with Crippen LogP contribution in [0.1, 0.15) is 11.1 Å². The molecule has 0 atom stereocenters. The van der Waals surface area contributed by atoms with E-state index in [-0.39, 0.29) is 0 Å². The summed E-state index contributed by atoms with van der Waals surface area (Å²) in [5.74, 6) is 0. The maximum absolute atomic E-state index is 5.07. The van der Waals surface area contributed by atoms with Gasteiger partial charge in [-0.15, -0.1) is 0 Å². The highest BCUT2D eigenvalue weighted by Gasteiger charge is 2.13. The number of hydrogen-bond acceptors (Lipinski definition) is 1. The predicted octanol–water partition coefficient (Wildman–Crippen LogP) is 11.7. The van der Waals surface area contributed by atoms with Gasteiger partial charge in [-0.3, -0.25) is 0 Å². The summed E-state index contributed by atoms with van der Waals surface area (Å²) < 4.78 is 0. The summed E-state index contributed by atoms with van der Waals surface area (Å²) in [6, 6.07) is 51.7. The lowest BCUT2D eigenvalue weighted by Gasteiger charge is -2.14. The predicted molar refractivity (Wildman–Crippen MR) is 191 cm³/mol. The van der Waals surface area contributed by atoms with Crippen molar-refractivity contribution in [3.8, 4) is 22.3 Å². The SMILES string of the molecule is C=C/C=C(\N=C(/C=C)c1ccccc1)c1ccccc1-c1cccc(-c2ccc3c4ccccc4c4ccccc4c3c2)c1. The fourth-order valence-corrected chi connectivity index (χ4v) is 6.18. The van der Waals surface area contributed by atoms with Gasteiger partial charge in [0.25, 0.3) is 0 Å². The minimum atomic E-state index is 0.818. The standard InChI is InChI=1S/C43H31N/c1-3-15-43(44-42(4-2)30-16-6-5-7-17-30)40-25-13-8-20-34(40)33-19-14-18-31(28-33)32-26-27-39-37-23-10-9-21-35(37)36-22-11-12-24-38(36)41(39)29-32/h3-29H,1-2H2/b43-15-,44-42+. The molecule has 0 heterocycles. The highest BCUT2D eigenvalue weighted by Crippen LogP contribution is 2.38. The van der Waals surface area contributed by atoms with Gasteiger partial charge in [0.15, 0.2) is 0 Å². The molecule has 0 aliphatic rings. The second kappa shape index (κ2) is 11.8. The number of nitrogens with zero attached hydrogens (tertiary/aromatic N) is 1. The van der Waals surface area contributed by atoms with E-state index in [0.717, 1.165) is 33.7 Å². The number of rotatable bonds is 7. The molecule has 0 fully saturated rings. The van der Waals surface area contributed by atoms with Gasteiger partial charge in [-0.25, -0.2) is 4.99 Å². The van der Waals surface area contributed by atoms with Crippen molar-refractivity contribution in [1.29, 1.82) is 0 Å². The van der Waals surface area contributed by atoms with Crippen LogP contribution in [-0.2, 0) is 0 Å². The van der Waals surface area contributed by atoms with Crippen LogP contribution < -0.4 is 0 Å². The van der Waals surface area contributed by atoms with Crippen LogP contribution in [0.15, 0.2) is 182 Å². The fourth-order valence-electron chi connectivity index (χ4n) is 6.18. The molecule has 0 saturated carbocycles. The molecule has 0 unspecified atom stereocenters. The Morgan fingerprint density at radius 2 is 1.05 bits per heavy atom. The molecule has 0 aromatic heterocycles. The number of aliphatic imine (C=N–C) groups is 1. The van der Waals surface area contributed by atoms with Gasteiger partial charge >= 0.3 is 0 Å². The van der Waals surface area contributed by atoms with E-state index in [4.69, 9.17) is 4.99 Å². The molecule has 0 radical (unpaired) electrons. The van der Waals surface area contributed by atoms with Crippen molar-refractivity contribution >= 4 is 43.7 Å². The van der Waals surface area contributed by atoms with Crippen LogP contribution in [0.3, 0.4) is 0 Å². The maximum Gasteiger partial charge on any atom is 0.0715 e. The Morgan fingerprint density at radius 1 is 0.477 bits per heavy atom. The number of benzene rings is 7. The molecule has 0 amide bonds. The van der Waals surface area contributed by atoms with E-state index in [1.54, 1.807) is 6.08 Å². The third-order valence-corrected chi connectivity index (χ3v) is 8.23. The molecule has 7 aromatic carbocycles. The number of hydrogen-bond donors (Lipinski definition) is 0. The lowest BCUT2D eigenvalue weighted by atomic mass is 9.91. The van der Waals surface area contributed by atoms with E-state index in [2.05, 4.69) is 141 Å². The average molecular weight is 562 g/mol. The van der Waals surface area contributed by atoms with Gasteiger partial charge in [0, 0.05) is 11.1 Å². The second-order valence-electron chi connectivity index (χ2n) is 10.8. The summed E-state index contributed by atoms with van der Waals surface area (Å²) >= 11 is 0. The van der Waals surface area contributed by atoms with Crippen molar-refractivity contribution in [3.63, 3.8) is 0 Å². The zero-order valence-corrected chi connectivity index (χ0v) is 24.4. The summed E-state index contributed by atoms with van der Waals surface area (Å²) in [5, 5.41) is 7.68. The normalized spacial score (nSPS) is 12.1. The maximum atomic E-state index is 5.07. The molecule has 7 aromatic rings. The number of fused-ring (bicyclic) bond motifs is 6. The van der Waals surface area contributed by atoms with E-state index in [1.165, 1.54) is 43.4 Å². The van der Waals surface area contributed by atoms with Crippen LogP contribution in [0.25, 0.3) is 60.3 Å². The van der Waals surface area contributed by atoms with Crippen molar-refractivity contribution in [3.05, 3.63) is 188 Å². The van der Waals surface area contributed by atoms with Crippen molar-refractivity contribution in [2.24, 2.45) is 4.99 Å². The summed E-state index contributed by atoms with van der Waals surface area (Å²) in [6.45, 7) is 8.03. The lowest BCUT2D eigenvalue weighted by Crippen LogP contribution is -1.98. The minimum absolute atomic E-state index is 0.818. The van der Waals surface area contributed by atoms with Crippen molar-refractivity contribution in [2.45, 2.75) is 0 Å². The Bertz CT molecular complexity index is 2210. The first kappa shape index (κ1) is 27.1. The summed E-state index contributed by atoms with van der Waals surface area (Å²) in [7, 11) is 0. The van der Waals surface area contributed by atoms with Crippen LogP contribution in [0.2, 0.25) is 0 Å². The van der Waals surface area contributed by atoms with Crippen molar-refractivity contribution in [2.75, 3.05) is 0 Å². The van der Waals surface area contributed by atoms with Crippen LogP contribution in [0.4, 0.5) is 0 Å². The average Bonchev–Trinajstić information content (AvgIpc) is 3.10. The Balaban J connectivity index is 1.36. The molecule has 1 nitrogen and oxygen atoms in total. The molecule has 0 saturated heterocycles. The molecule has 0 bridgehead atoms. The third kappa shape index (κ3) is 4.95. The molecule has 1 heteroatoms. The highest BCUT2D eigenvalue weighted by atomic mass is 14.8. The molecule has 44 heavy (non-hydrogen) atoms. The van der Waals surface area contributed by atoms with Gasteiger partial charge in [0.1, 0.15) is 0 Å². The van der Waals surface area contributed by atoms with Gasteiger partial charge in [0.05, 0.1) is 11.4 Å². The zero-order chi connectivity index (χ0) is 29.9. The van der Waals surface area contributed by atoms with Gasteiger partial charge in [-0.1, -0.05) is 153 Å². The third-order valence-electron chi connectivity index (χ3n) is 8.23. The summed E-state index contributed by atoms with van der Waals surface area (Å²) in [4.78, 5) is 5.07. The summed E-state index contributed by atoms with van der Waals surface area (Å²) in [5.41, 5.74) is 8.32. The van der Waals surface area contributed by atoms with Crippen LogP contribution in [0, 0.1) is 0 Å². The number of allylic oxidation sites excluding steroid dienone is 3. The van der Waals surface area contributed by atoms with Gasteiger partial charge in [-0.2, -0.15) is 0 Å². The smallest absolute Gasteiger partial charge is 0.0715 e. The Kier molecular flexibility index (Phi) is 7.28. The van der Waals surface area contributed by atoms with Gasteiger partial charge < -0.3 is 0 Å². The van der Waals surface area contributed by atoms with E-state index in [0.29, 0.717) is 0 Å². The monoisotopic (exact) mass is 561 g/mol. The molecule has 7 rings (SSSR count). The quantitative estimate of drug-likeness (QED) is 0.104. The Labute approximate surface area is 258 Å². The Hall–Kier alpha value is -5.79. The second-order valence-corrected chi connectivity index (χ2v) is 10.8. The minimum Gasteiger partial charge on any atom is -0.248 e. The molecule has 0 spiro atoms. The first-order chi connectivity index (χ1) is 21.7. The molecular formula is C43H31N. The fraction of sp³-hybridized carbons (Fsp3) is 0. The van der Waals surface area contributed by atoms with Crippen LogP contribution in [0.5, 0.6) is 0 Å². The van der Waals surface area contributed by atoms with E-state index in [9.17, 15) is 0 Å². The van der Waals surface area contributed by atoms with Crippen LogP contribution >= 0.6 is 0 Å². The molecule has 0 N–H and O–H groups in total. The van der Waals surface area contributed by atoms with Crippen molar-refractivity contribution < 1.29 is 0 Å². The van der Waals surface area contributed by atoms with Gasteiger partial charge in [0.2, 0.25) is 0 Å². The molecule has 0 aliphatic carbocycles. The largest absolute Gasteiger partial charge is 0.248 e. The summed E-state index contributed by atoms with van der Waals surface area (Å²) in [6.07, 6.45) is 5.57. The van der Waals surface area contributed by atoms with E-state index >= 15 is 0 Å². The van der Waals surface area contributed by atoms with Crippen LogP contribution in [-0.4, -0.2) is 5.71 Å². The highest BCUT2D eigenvalue weighted by molar-refractivity contribution is 6.25. The molecular weight excluding hydrogens is 530 g/mol. The molecule has 208 valence electrons. The van der Waals surface area contributed by atoms with Crippen molar-refractivity contribution in [1.82, 2.24) is 0 Å². The zero-order valence-electron chi connectivity index (χ0n) is 24.4. The van der Waals surface area contributed by atoms with E-state index in [1.807, 2.05) is 30.4 Å². The Morgan fingerprint density at radius 3 is 1.73 bits per heavy atom. The van der Waals surface area contributed by atoms with E-state index < -0.39 is 0 Å². The topological polar surface area (TPSA) is 12.4 Å². The van der Waals surface area contributed by atoms with Gasteiger partial charge in [-0.05, 0) is 78.9 Å². The lowest BCUT2D eigenvalue weighted by molar-refractivity contribution is 1.48. The molecule has 0 aliphatic heterocycles. The first-order valence-electron chi connectivity index (χ1n) is 14.9. The first-order valence-corrected chi connectivity index (χ1v) is 14.9.